The number of hydrogen-bond donors (Lipinski definition) is 3. The number of aliphatic imine (C=N–C) groups is 1. The van der Waals surface area contributed by atoms with Crippen molar-refractivity contribution in [2.24, 2.45) is 4.99 Å². The van der Waals surface area contributed by atoms with E-state index in [-0.39, 0.29) is 35.2 Å². The van der Waals surface area contributed by atoms with Crippen molar-refractivity contribution in [2.75, 3.05) is 11.9 Å². The zero-order chi connectivity index (χ0) is 29.7. The number of para-hydroxylation sites is 1. The van der Waals surface area contributed by atoms with Crippen molar-refractivity contribution >= 4 is 35.8 Å². The zero-order valence-electron chi connectivity index (χ0n) is 23.2. The molecule has 214 valence electrons. The van der Waals surface area contributed by atoms with Gasteiger partial charge in [-0.05, 0) is 90.3 Å². The molecule has 0 fully saturated rings. The Morgan fingerprint density at radius 3 is 2.35 bits per heavy atom. The number of aromatic carboxylic acids is 1. The van der Waals surface area contributed by atoms with Gasteiger partial charge in [-0.1, -0.05) is 6.07 Å². The van der Waals surface area contributed by atoms with Gasteiger partial charge in [0, 0.05) is 5.69 Å². The Labute approximate surface area is 231 Å². The van der Waals surface area contributed by atoms with E-state index in [0.29, 0.717) is 24.1 Å². The lowest BCUT2D eigenvalue weighted by molar-refractivity contribution is 0.0560. The van der Waals surface area contributed by atoms with Crippen LogP contribution in [0.1, 0.15) is 74.2 Å². The van der Waals surface area contributed by atoms with E-state index in [4.69, 9.17) is 18.9 Å². The molecule has 1 aliphatic heterocycles. The predicted molar refractivity (Wildman–Crippen MR) is 145 cm³/mol. The summed E-state index contributed by atoms with van der Waals surface area (Å²) in [6.45, 7) is 10.3. The molecule has 2 amide bonds. The minimum atomic E-state index is -1.20. The van der Waals surface area contributed by atoms with Crippen LogP contribution in [0.5, 0.6) is 11.5 Å². The number of nitrogens with zero attached hydrogens (tertiary/aromatic N) is 1. The molecule has 3 rings (SSSR count). The maximum Gasteiger partial charge on any atom is 0.437 e. The van der Waals surface area contributed by atoms with E-state index >= 15 is 0 Å². The summed E-state index contributed by atoms with van der Waals surface area (Å²) in [5.41, 5.74) is -0.483. The molecule has 12 heteroatoms. The first-order valence-corrected chi connectivity index (χ1v) is 12.5. The van der Waals surface area contributed by atoms with E-state index in [1.165, 1.54) is 24.3 Å². The van der Waals surface area contributed by atoms with Crippen LogP contribution in [0.25, 0.3) is 0 Å². The summed E-state index contributed by atoms with van der Waals surface area (Å²) in [6.07, 6.45) is -0.957. The summed E-state index contributed by atoms with van der Waals surface area (Å²) in [5, 5.41) is 14.8. The predicted octanol–water partition coefficient (Wildman–Crippen LogP) is 5.16. The van der Waals surface area contributed by atoms with Gasteiger partial charge in [-0.25, -0.2) is 19.2 Å². The number of amides is 2. The molecule has 2 aromatic rings. The monoisotopic (exact) mass is 555 g/mol. The van der Waals surface area contributed by atoms with Gasteiger partial charge in [-0.2, -0.15) is 0 Å². The number of aryl methyl sites for hydroxylation is 1. The van der Waals surface area contributed by atoms with Crippen molar-refractivity contribution in [1.82, 2.24) is 5.32 Å². The van der Waals surface area contributed by atoms with Gasteiger partial charge in [0.25, 0.3) is 0 Å². The molecule has 1 heterocycles. The topological polar surface area (TPSA) is 162 Å². The van der Waals surface area contributed by atoms with Crippen LogP contribution < -0.4 is 20.1 Å². The Balaban J connectivity index is 1.90. The number of alkyl carbamates (subject to hydrolysis) is 1. The van der Waals surface area contributed by atoms with Gasteiger partial charge >= 0.3 is 24.1 Å². The standard InChI is InChI=1S/C28H33N3O9/c1-27(2,3)39-25(35)30-24(31-26(36)40-28(4,5)6)29-17-12-13-18-16(15-17)9-8-14-37-21-19(22(32)33)10-7-11-20(21)38-23(18)34/h7,10-13,15H,8-9,14H2,1-6H3,(H,32,33)(H2,29,30,31,35,36). The molecule has 1 aliphatic rings. The normalized spacial score (nSPS) is 13.9. The van der Waals surface area contributed by atoms with Crippen LogP contribution in [-0.2, 0) is 15.9 Å². The second kappa shape index (κ2) is 12.1. The lowest BCUT2D eigenvalue weighted by atomic mass is 10.0. The molecule has 0 aromatic heterocycles. The van der Waals surface area contributed by atoms with Crippen molar-refractivity contribution in [3.05, 3.63) is 53.1 Å². The van der Waals surface area contributed by atoms with Crippen molar-refractivity contribution in [3.63, 3.8) is 0 Å². The summed E-state index contributed by atoms with van der Waals surface area (Å²) in [5.74, 6) is -2.17. The number of esters is 1. The van der Waals surface area contributed by atoms with Crippen LogP contribution >= 0.6 is 0 Å². The number of carboxylic acid groups (broad SMARTS) is 1. The second-order valence-corrected chi connectivity index (χ2v) is 10.8. The molecule has 0 radical (unpaired) electrons. The zero-order valence-corrected chi connectivity index (χ0v) is 23.2. The van der Waals surface area contributed by atoms with Crippen LogP contribution in [0.3, 0.4) is 0 Å². The van der Waals surface area contributed by atoms with Crippen molar-refractivity contribution in [1.29, 1.82) is 0 Å². The third-order valence-corrected chi connectivity index (χ3v) is 5.05. The lowest BCUT2D eigenvalue weighted by Gasteiger charge is -2.21. The minimum Gasteiger partial charge on any atom is -0.489 e. The number of fused-ring (bicyclic) bond motifs is 2. The molecule has 0 atom stereocenters. The van der Waals surface area contributed by atoms with Crippen molar-refractivity contribution in [2.45, 2.75) is 65.6 Å². The number of rotatable bonds is 2. The van der Waals surface area contributed by atoms with Gasteiger partial charge in [0.2, 0.25) is 5.96 Å². The number of anilines is 1. The summed E-state index contributed by atoms with van der Waals surface area (Å²) in [6, 6.07) is 8.99. The fourth-order valence-electron chi connectivity index (χ4n) is 3.58. The smallest absolute Gasteiger partial charge is 0.437 e. The molecule has 40 heavy (non-hydrogen) atoms. The van der Waals surface area contributed by atoms with Gasteiger partial charge < -0.3 is 29.4 Å². The van der Waals surface area contributed by atoms with Gasteiger partial charge in [-0.3, -0.25) is 5.32 Å². The number of benzene rings is 2. The summed E-state index contributed by atoms with van der Waals surface area (Å²) < 4.78 is 21.7. The highest BCUT2D eigenvalue weighted by Gasteiger charge is 2.24. The van der Waals surface area contributed by atoms with Crippen LogP contribution in [0.15, 0.2) is 41.4 Å². The van der Waals surface area contributed by atoms with Crippen LogP contribution in [-0.4, -0.2) is 53.0 Å². The first kappa shape index (κ1) is 29.9. The maximum atomic E-state index is 13.1. The molecule has 12 nitrogen and oxygen atoms in total. The molecule has 0 unspecified atom stereocenters. The van der Waals surface area contributed by atoms with E-state index in [2.05, 4.69) is 15.6 Å². The second-order valence-electron chi connectivity index (χ2n) is 10.8. The SMILES string of the molecule is CC(C)(C)OC(=O)/N=C(/NC(=O)OC(C)(C)C)Nc1ccc2c(c1)CCCOc1c(cccc1C(=O)O)OC2=O. The average molecular weight is 556 g/mol. The lowest BCUT2D eigenvalue weighted by Crippen LogP contribution is -2.40. The van der Waals surface area contributed by atoms with Crippen molar-refractivity contribution < 1.29 is 43.2 Å². The third kappa shape index (κ3) is 8.72. The molecule has 0 spiro atoms. The summed E-state index contributed by atoms with van der Waals surface area (Å²) in [7, 11) is 0. The molecule has 0 saturated carbocycles. The van der Waals surface area contributed by atoms with Gasteiger partial charge in [0.05, 0.1) is 12.2 Å². The Morgan fingerprint density at radius 2 is 1.70 bits per heavy atom. The number of carboxylic acids is 1. The summed E-state index contributed by atoms with van der Waals surface area (Å²) >= 11 is 0. The minimum absolute atomic E-state index is 0.00621. The number of carbonyl (C=O) groups is 4. The van der Waals surface area contributed by atoms with E-state index < -0.39 is 35.3 Å². The molecular formula is C28H33N3O9. The van der Waals surface area contributed by atoms with Gasteiger partial charge in [0.1, 0.15) is 16.8 Å². The number of guanidine groups is 1. The van der Waals surface area contributed by atoms with Gasteiger partial charge in [-0.15, -0.1) is 4.99 Å². The van der Waals surface area contributed by atoms with E-state index in [0.717, 1.165) is 0 Å². The fourth-order valence-corrected chi connectivity index (χ4v) is 3.58. The summed E-state index contributed by atoms with van der Waals surface area (Å²) in [4.78, 5) is 53.3. The van der Waals surface area contributed by atoms with E-state index in [9.17, 15) is 24.3 Å². The molecule has 3 N–H and O–H groups in total. The maximum absolute atomic E-state index is 13.1. The fraction of sp³-hybridized carbons (Fsp3) is 0.393. The first-order chi connectivity index (χ1) is 18.6. The molecular weight excluding hydrogens is 522 g/mol. The quantitative estimate of drug-likeness (QED) is 0.195. The number of carbonyl (C=O) groups excluding carboxylic acids is 3. The Morgan fingerprint density at radius 1 is 1.00 bits per heavy atom. The Hall–Kier alpha value is -4.61. The van der Waals surface area contributed by atoms with Crippen LogP contribution in [0.2, 0.25) is 0 Å². The van der Waals surface area contributed by atoms with E-state index in [1.54, 1.807) is 53.7 Å². The van der Waals surface area contributed by atoms with Gasteiger partial charge in [0.15, 0.2) is 11.5 Å². The number of nitrogens with one attached hydrogen (secondary N) is 2. The van der Waals surface area contributed by atoms with E-state index in [1.807, 2.05) is 0 Å². The third-order valence-electron chi connectivity index (χ3n) is 5.05. The highest BCUT2D eigenvalue weighted by Crippen LogP contribution is 2.33. The molecule has 0 bridgehead atoms. The highest BCUT2D eigenvalue weighted by atomic mass is 16.6. The first-order valence-electron chi connectivity index (χ1n) is 12.5. The van der Waals surface area contributed by atoms with Crippen LogP contribution in [0.4, 0.5) is 15.3 Å². The van der Waals surface area contributed by atoms with Crippen molar-refractivity contribution in [3.8, 4) is 11.5 Å². The molecule has 2 aromatic carbocycles. The molecule has 0 saturated heterocycles. The number of ether oxygens (including phenoxy) is 4. The largest absolute Gasteiger partial charge is 0.489 e. The molecule has 0 aliphatic carbocycles. The van der Waals surface area contributed by atoms with Crippen LogP contribution in [0, 0.1) is 0 Å². The highest BCUT2D eigenvalue weighted by molar-refractivity contribution is 6.06. The Kier molecular flexibility index (Phi) is 9.02. The number of hydrogen-bond acceptors (Lipinski definition) is 8. The average Bonchev–Trinajstić information content (AvgIpc) is 2.79. The Bertz CT molecular complexity index is 1340.